The van der Waals surface area contributed by atoms with Gasteiger partial charge in [0.05, 0.1) is 22.6 Å². The Morgan fingerprint density at radius 1 is 1.15 bits per heavy atom. The molecule has 184 valence electrons. The summed E-state index contributed by atoms with van der Waals surface area (Å²) in [6.45, 7) is 1.01. The number of benzene rings is 1. The molecule has 2 aliphatic rings. The normalized spacial score (nSPS) is 17.1. The highest BCUT2D eigenvalue weighted by Gasteiger charge is 2.33. The Hall–Kier alpha value is -2.89. The zero-order chi connectivity index (χ0) is 24.7. The fraction of sp³-hybridized carbons (Fsp3) is 0.455. The maximum Gasteiger partial charge on any atom is 0.417 e. The Bertz CT molecular complexity index is 1190. The molecule has 0 atom stereocenters. The van der Waals surface area contributed by atoms with Crippen molar-refractivity contribution in [2.24, 2.45) is 5.92 Å². The number of aromatic nitrogens is 1. The lowest BCUT2D eigenvalue weighted by Crippen LogP contribution is -2.49. The van der Waals surface area contributed by atoms with Gasteiger partial charge in [0.2, 0.25) is 0 Å². The van der Waals surface area contributed by atoms with E-state index in [1.165, 1.54) is 28.0 Å². The molecular formula is C22H23F4N3O4S. The number of carbonyl (C=O) groups excluding carboxylic acids is 1. The van der Waals surface area contributed by atoms with E-state index >= 15 is 0 Å². The largest absolute Gasteiger partial charge is 0.492 e. The van der Waals surface area contributed by atoms with Gasteiger partial charge in [-0.2, -0.15) is 13.2 Å². The Labute approximate surface area is 194 Å². The number of sulfone groups is 1. The van der Waals surface area contributed by atoms with E-state index in [1.807, 2.05) is 0 Å². The lowest BCUT2D eigenvalue weighted by molar-refractivity contribution is -0.138. The molecule has 34 heavy (non-hydrogen) atoms. The van der Waals surface area contributed by atoms with Crippen LogP contribution in [0.25, 0.3) is 0 Å². The summed E-state index contributed by atoms with van der Waals surface area (Å²) in [6, 6.07) is 4.57. The number of carbonyl (C=O) groups is 1. The molecule has 1 aliphatic heterocycles. The topological polar surface area (TPSA) is 79.8 Å². The predicted molar refractivity (Wildman–Crippen MR) is 115 cm³/mol. The Morgan fingerprint density at radius 3 is 2.38 bits per heavy atom. The third-order valence-electron chi connectivity index (χ3n) is 5.80. The van der Waals surface area contributed by atoms with Crippen LogP contribution in [0.3, 0.4) is 0 Å². The summed E-state index contributed by atoms with van der Waals surface area (Å²) < 4.78 is 82.4. The number of hydrogen-bond acceptors (Lipinski definition) is 6. The van der Waals surface area contributed by atoms with Gasteiger partial charge in [-0.15, -0.1) is 0 Å². The molecule has 0 unspecified atom stereocenters. The fourth-order valence-electron chi connectivity index (χ4n) is 3.63. The Balaban J connectivity index is 1.49. The second-order valence-corrected chi connectivity index (χ2v) is 10.5. The van der Waals surface area contributed by atoms with E-state index in [9.17, 15) is 30.8 Å². The van der Waals surface area contributed by atoms with Crippen LogP contribution in [0, 0.1) is 11.7 Å². The first-order chi connectivity index (χ1) is 15.9. The van der Waals surface area contributed by atoms with Gasteiger partial charge in [-0.25, -0.2) is 17.8 Å². The summed E-state index contributed by atoms with van der Waals surface area (Å²) in [7, 11) is -3.55. The minimum absolute atomic E-state index is 0.00992. The van der Waals surface area contributed by atoms with Crippen LogP contribution in [0.1, 0.15) is 28.8 Å². The third-order valence-corrected chi connectivity index (χ3v) is 6.91. The van der Waals surface area contributed by atoms with E-state index in [-0.39, 0.29) is 42.5 Å². The van der Waals surface area contributed by atoms with Gasteiger partial charge in [0.25, 0.3) is 5.91 Å². The third kappa shape index (κ3) is 5.43. The van der Waals surface area contributed by atoms with Gasteiger partial charge in [0.1, 0.15) is 5.75 Å². The second-order valence-electron chi connectivity index (χ2n) is 8.49. The van der Waals surface area contributed by atoms with Crippen LogP contribution in [-0.4, -0.2) is 63.3 Å². The van der Waals surface area contributed by atoms with Gasteiger partial charge in [0, 0.05) is 38.6 Å². The number of piperazine rings is 1. The number of pyridine rings is 1. The van der Waals surface area contributed by atoms with Crippen molar-refractivity contribution in [3.63, 3.8) is 0 Å². The first-order valence-electron chi connectivity index (χ1n) is 10.7. The molecule has 2 fully saturated rings. The molecule has 4 rings (SSSR count). The van der Waals surface area contributed by atoms with Crippen molar-refractivity contribution < 1.29 is 35.5 Å². The molecule has 7 nitrogen and oxygen atoms in total. The number of ether oxygens (including phenoxy) is 1. The number of hydrogen-bond donors (Lipinski definition) is 0. The van der Waals surface area contributed by atoms with Gasteiger partial charge >= 0.3 is 6.18 Å². The summed E-state index contributed by atoms with van der Waals surface area (Å²) in [4.78, 5) is 19.8. The van der Waals surface area contributed by atoms with Gasteiger partial charge in [-0.05, 0) is 43.0 Å². The van der Waals surface area contributed by atoms with Crippen molar-refractivity contribution in [1.29, 1.82) is 0 Å². The lowest BCUT2D eigenvalue weighted by atomic mass is 10.1. The molecule has 1 amide bonds. The second kappa shape index (κ2) is 9.05. The van der Waals surface area contributed by atoms with E-state index < -0.39 is 33.3 Å². The average Bonchev–Trinajstić information content (AvgIpc) is 3.60. The minimum atomic E-state index is -4.70. The summed E-state index contributed by atoms with van der Waals surface area (Å²) in [5.74, 6) is -1.02. The molecule has 2 aromatic rings. The van der Waals surface area contributed by atoms with E-state index in [0.29, 0.717) is 30.5 Å². The summed E-state index contributed by atoms with van der Waals surface area (Å²) in [6.07, 6.45) is -0.985. The molecule has 0 bridgehead atoms. The maximum atomic E-state index is 14.3. The van der Waals surface area contributed by atoms with Crippen LogP contribution in [-0.2, 0) is 16.0 Å². The van der Waals surface area contributed by atoms with Crippen molar-refractivity contribution in [3.05, 3.63) is 47.4 Å². The number of nitrogens with zero attached hydrogens (tertiary/aromatic N) is 3. The highest BCUT2D eigenvalue weighted by atomic mass is 32.2. The molecule has 1 saturated carbocycles. The number of halogens is 4. The number of alkyl halides is 3. The van der Waals surface area contributed by atoms with E-state index in [1.54, 1.807) is 0 Å². The molecule has 0 spiro atoms. The Morgan fingerprint density at radius 2 is 1.82 bits per heavy atom. The molecule has 1 aromatic heterocycles. The first-order valence-corrected chi connectivity index (χ1v) is 12.6. The SMILES string of the molecule is CS(=O)(=O)c1ccc(OCC2CC2)c(C(=O)N2CCN(c3ncc(C(F)(F)F)cc3F)CC2)c1. The van der Waals surface area contributed by atoms with E-state index in [0.717, 1.165) is 19.1 Å². The zero-order valence-electron chi connectivity index (χ0n) is 18.3. The maximum absolute atomic E-state index is 14.3. The predicted octanol–water partition coefficient (Wildman–Crippen LogP) is 3.39. The van der Waals surface area contributed by atoms with Crippen LogP contribution in [0.4, 0.5) is 23.4 Å². The molecule has 1 aromatic carbocycles. The van der Waals surface area contributed by atoms with Crippen LogP contribution in [0.2, 0.25) is 0 Å². The van der Waals surface area contributed by atoms with E-state index in [2.05, 4.69) is 4.98 Å². The molecule has 0 radical (unpaired) electrons. The number of amides is 1. The van der Waals surface area contributed by atoms with Crippen molar-refractivity contribution in [3.8, 4) is 5.75 Å². The van der Waals surface area contributed by atoms with Crippen LogP contribution >= 0.6 is 0 Å². The fourth-order valence-corrected chi connectivity index (χ4v) is 4.28. The van der Waals surface area contributed by atoms with Crippen molar-refractivity contribution in [2.45, 2.75) is 23.9 Å². The molecule has 12 heteroatoms. The zero-order valence-corrected chi connectivity index (χ0v) is 19.1. The minimum Gasteiger partial charge on any atom is -0.492 e. The van der Waals surface area contributed by atoms with Crippen LogP contribution in [0.15, 0.2) is 35.4 Å². The van der Waals surface area contributed by atoms with E-state index in [4.69, 9.17) is 4.74 Å². The summed E-state index contributed by atoms with van der Waals surface area (Å²) in [5.41, 5.74) is -1.05. The highest BCUT2D eigenvalue weighted by molar-refractivity contribution is 7.90. The molecule has 2 heterocycles. The van der Waals surface area contributed by atoms with Gasteiger partial charge in [-0.3, -0.25) is 4.79 Å². The van der Waals surface area contributed by atoms with Crippen molar-refractivity contribution in [1.82, 2.24) is 9.88 Å². The number of rotatable bonds is 6. The Kier molecular flexibility index (Phi) is 6.45. The highest BCUT2D eigenvalue weighted by Crippen LogP contribution is 2.33. The quantitative estimate of drug-likeness (QED) is 0.565. The standard InChI is InChI=1S/C22H23F4N3O4S/c1-34(31,32)16-4-5-19(33-13-14-2-3-14)17(11-16)21(30)29-8-6-28(7-9-29)20-18(23)10-15(12-27-20)22(24,25)26/h4-5,10-12,14H,2-3,6-9,13H2,1H3. The average molecular weight is 502 g/mol. The lowest BCUT2D eigenvalue weighted by Gasteiger charge is -2.35. The van der Waals surface area contributed by atoms with Gasteiger partial charge in [0.15, 0.2) is 21.5 Å². The van der Waals surface area contributed by atoms with Gasteiger partial charge in [-0.1, -0.05) is 0 Å². The summed E-state index contributed by atoms with van der Waals surface area (Å²) in [5, 5.41) is 0. The smallest absolute Gasteiger partial charge is 0.417 e. The van der Waals surface area contributed by atoms with Gasteiger partial charge < -0.3 is 14.5 Å². The van der Waals surface area contributed by atoms with Crippen molar-refractivity contribution in [2.75, 3.05) is 43.9 Å². The molecular weight excluding hydrogens is 478 g/mol. The van der Waals surface area contributed by atoms with Crippen LogP contribution in [0.5, 0.6) is 5.75 Å². The van der Waals surface area contributed by atoms with Crippen LogP contribution < -0.4 is 9.64 Å². The molecule has 1 aliphatic carbocycles. The number of anilines is 1. The molecule has 1 saturated heterocycles. The first kappa shape index (κ1) is 24.2. The van der Waals surface area contributed by atoms with Crippen molar-refractivity contribution >= 4 is 21.6 Å². The summed E-state index contributed by atoms with van der Waals surface area (Å²) >= 11 is 0. The monoisotopic (exact) mass is 501 g/mol. The molecule has 0 N–H and O–H groups in total.